The minimum Gasteiger partial charge on any atom is -0.353 e. The van der Waals surface area contributed by atoms with E-state index in [1.807, 2.05) is 6.07 Å². The highest BCUT2D eigenvalue weighted by molar-refractivity contribution is 5.69. The van der Waals surface area contributed by atoms with E-state index in [1.165, 1.54) is 11.1 Å². The summed E-state index contributed by atoms with van der Waals surface area (Å²) in [7, 11) is 0. The summed E-state index contributed by atoms with van der Waals surface area (Å²) in [4.78, 5) is 2.33. The third kappa shape index (κ3) is 2.43. The predicted octanol–water partition coefficient (Wildman–Crippen LogP) is 2.57. The molecule has 4 nitrogen and oxygen atoms in total. The monoisotopic (exact) mass is 270 g/mol. The molecule has 0 aliphatic carbocycles. The van der Waals surface area contributed by atoms with Crippen LogP contribution in [-0.2, 0) is 6.42 Å². The van der Waals surface area contributed by atoms with E-state index in [-0.39, 0.29) is 6.04 Å². The lowest BCUT2D eigenvalue weighted by Gasteiger charge is -2.31. The van der Waals surface area contributed by atoms with Crippen LogP contribution >= 0.6 is 0 Å². The zero-order valence-corrected chi connectivity index (χ0v) is 12.0. The van der Waals surface area contributed by atoms with Crippen molar-refractivity contribution in [2.45, 2.75) is 32.2 Å². The van der Waals surface area contributed by atoms with Crippen molar-refractivity contribution in [3.63, 3.8) is 0 Å². The molecule has 1 fully saturated rings. The molecule has 0 radical (unpaired) electrons. The number of benzene rings is 1. The van der Waals surface area contributed by atoms with Crippen LogP contribution in [0.25, 0.3) is 11.3 Å². The minimum absolute atomic E-state index is 0.269. The third-order valence-electron chi connectivity index (χ3n) is 4.02. The van der Waals surface area contributed by atoms with Crippen LogP contribution in [0.2, 0.25) is 0 Å². The molecule has 1 aromatic carbocycles. The van der Waals surface area contributed by atoms with Crippen molar-refractivity contribution < 1.29 is 0 Å². The number of rotatable bonds is 3. The van der Waals surface area contributed by atoms with Crippen LogP contribution in [0.5, 0.6) is 0 Å². The highest BCUT2D eigenvalue weighted by Crippen LogP contribution is 2.30. The molecule has 1 aliphatic heterocycles. The van der Waals surface area contributed by atoms with Gasteiger partial charge in [-0.15, -0.1) is 0 Å². The van der Waals surface area contributed by atoms with Crippen LogP contribution in [0, 0.1) is 0 Å². The van der Waals surface area contributed by atoms with Gasteiger partial charge in [0.15, 0.2) is 5.82 Å². The van der Waals surface area contributed by atoms with Gasteiger partial charge in [0.25, 0.3) is 0 Å². The molecule has 1 unspecified atom stereocenters. The van der Waals surface area contributed by atoms with E-state index < -0.39 is 0 Å². The first-order chi connectivity index (χ1) is 9.79. The standard InChI is InChI=1S/C16H22N4/c1-2-14-15(12-7-4-3-5-8-12)18-19-16(14)20-10-6-9-13(17)11-20/h3-5,7-8,13H,2,6,9-11,17H2,1H3,(H,18,19). The van der Waals surface area contributed by atoms with Gasteiger partial charge in [0.1, 0.15) is 0 Å². The van der Waals surface area contributed by atoms with Crippen LogP contribution in [-0.4, -0.2) is 29.3 Å². The molecule has 1 aliphatic rings. The summed E-state index contributed by atoms with van der Waals surface area (Å²) in [5.74, 6) is 1.08. The number of piperidine rings is 1. The molecule has 106 valence electrons. The summed E-state index contributed by atoms with van der Waals surface area (Å²) in [6, 6.07) is 10.7. The first-order valence-electron chi connectivity index (χ1n) is 7.42. The molecule has 4 heteroatoms. The largest absolute Gasteiger partial charge is 0.353 e. The molecule has 0 spiro atoms. The zero-order chi connectivity index (χ0) is 13.9. The number of nitrogens with one attached hydrogen (secondary N) is 1. The Kier molecular flexibility index (Phi) is 3.74. The summed E-state index contributed by atoms with van der Waals surface area (Å²) >= 11 is 0. The third-order valence-corrected chi connectivity index (χ3v) is 4.02. The first-order valence-corrected chi connectivity index (χ1v) is 7.42. The molecule has 0 amide bonds. The van der Waals surface area contributed by atoms with Crippen molar-refractivity contribution in [2.24, 2.45) is 5.73 Å². The molecule has 0 bridgehead atoms. The number of nitrogens with zero attached hydrogens (tertiary/aromatic N) is 2. The number of hydrogen-bond donors (Lipinski definition) is 2. The van der Waals surface area contributed by atoms with Gasteiger partial charge in [0, 0.05) is 24.7 Å². The Bertz CT molecular complexity index is 561. The van der Waals surface area contributed by atoms with Gasteiger partial charge in [-0.2, -0.15) is 5.10 Å². The molecule has 20 heavy (non-hydrogen) atoms. The van der Waals surface area contributed by atoms with Gasteiger partial charge >= 0.3 is 0 Å². The number of aromatic amines is 1. The van der Waals surface area contributed by atoms with Gasteiger partial charge in [0.05, 0.1) is 5.69 Å². The molecule has 1 saturated heterocycles. The number of nitrogens with two attached hydrogens (primary N) is 1. The zero-order valence-electron chi connectivity index (χ0n) is 12.0. The highest BCUT2D eigenvalue weighted by atomic mass is 15.3. The fourth-order valence-electron chi connectivity index (χ4n) is 3.00. The van der Waals surface area contributed by atoms with E-state index in [2.05, 4.69) is 46.3 Å². The van der Waals surface area contributed by atoms with E-state index in [1.54, 1.807) is 0 Å². The van der Waals surface area contributed by atoms with Crippen molar-refractivity contribution in [1.82, 2.24) is 10.2 Å². The first kappa shape index (κ1) is 13.2. The highest BCUT2D eigenvalue weighted by Gasteiger charge is 2.23. The molecule has 0 saturated carbocycles. The van der Waals surface area contributed by atoms with Gasteiger partial charge in [-0.25, -0.2) is 0 Å². The van der Waals surface area contributed by atoms with E-state index in [4.69, 9.17) is 5.73 Å². The lowest BCUT2D eigenvalue weighted by Crippen LogP contribution is -2.43. The average Bonchev–Trinajstić information content (AvgIpc) is 2.92. The number of hydrogen-bond acceptors (Lipinski definition) is 3. The predicted molar refractivity (Wildman–Crippen MR) is 82.8 cm³/mol. The van der Waals surface area contributed by atoms with Crippen LogP contribution in [0.1, 0.15) is 25.3 Å². The van der Waals surface area contributed by atoms with Crippen molar-refractivity contribution >= 4 is 5.82 Å². The van der Waals surface area contributed by atoms with Crippen molar-refractivity contribution in [3.8, 4) is 11.3 Å². The quantitative estimate of drug-likeness (QED) is 0.901. The second-order valence-electron chi connectivity index (χ2n) is 5.47. The maximum Gasteiger partial charge on any atom is 0.154 e. The van der Waals surface area contributed by atoms with Crippen LogP contribution < -0.4 is 10.6 Å². The summed E-state index contributed by atoms with van der Waals surface area (Å²) < 4.78 is 0. The van der Waals surface area contributed by atoms with Gasteiger partial charge in [-0.05, 0) is 24.8 Å². The van der Waals surface area contributed by atoms with Gasteiger partial charge in [-0.3, -0.25) is 5.10 Å². The van der Waals surface area contributed by atoms with Crippen molar-refractivity contribution in [1.29, 1.82) is 0 Å². The van der Waals surface area contributed by atoms with Crippen LogP contribution in [0.4, 0.5) is 5.82 Å². The topological polar surface area (TPSA) is 57.9 Å². The van der Waals surface area contributed by atoms with Crippen molar-refractivity contribution in [2.75, 3.05) is 18.0 Å². The lowest BCUT2D eigenvalue weighted by molar-refractivity contribution is 0.502. The average molecular weight is 270 g/mol. The summed E-state index contributed by atoms with van der Waals surface area (Å²) in [5, 5.41) is 7.79. The van der Waals surface area contributed by atoms with E-state index >= 15 is 0 Å². The summed E-state index contributed by atoms with van der Waals surface area (Å²) in [6.45, 7) is 4.15. The Morgan fingerprint density at radius 1 is 1.35 bits per heavy atom. The maximum atomic E-state index is 6.09. The second-order valence-corrected chi connectivity index (χ2v) is 5.47. The Balaban J connectivity index is 1.95. The number of anilines is 1. The van der Waals surface area contributed by atoms with Gasteiger partial charge < -0.3 is 10.6 Å². The van der Waals surface area contributed by atoms with E-state index in [9.17, 15) is 0 Å². The number of aromatic nitrogens is 2. The Morgan fingerprint density at radius 3 is 2.85 bits per heavy atom. The SMILES string of the molecule is CCc1c(N2CCCC(N)C2)n[nH]c1-c1ccccc1. The van der Waals surface area contributed by atoms with E-state index in [0.717, 1.165) is 43.9 Å². The Morgan fingerprint density at radius 2 is 2.15 bits per heavy atom. The van der Waals surface area contributed by atoms with Crippen LogP contribution in [0.3, 0.4) is 0 Å². The summed E-state index contributed by atoms with van der Waals surface area (Å²) in [5.41, 5.74) is 9.73. The molecule has 3 rings (SSSR count). The minimum atomic E-state index is 0.269. The van der Waals surface area contributed by atoms with Crippen molar-refractivity contribution in [3.05, 3.63) is 35.9 Å². The fraction of sp³-hybridized carbons (Fsp3) is 0.438. The fourth-order valence-corrected chi connectivity index (χ4v) is 3.00. The van der Waals surface area contributed by atoms with Gasteiger partial charge in [-0.1, -0.05) is 37.3 Å². The lowest BCUT2D eigenvalue weighted by atomic mass is 10.0. The number of H-pyrrole nitrogens is 1. The molecule has 2 aromatic rings. The molecular formula is C16H22N4. The molecule has 1 atom stereocenters. The van der Waals surface area contributed by atoms with Gasteiger partial charge in [0.2, 0.25) is 0 Å². The van der Waals surface area contributed by atoms with E-state index in [0.29, 0.717) is 0 Å². The normalized spacial score (nSPS) is 19.3. The Labute approximate surface area is 120 Å². The van der Waals surface area contributed by atoms with Crippen LogP contribution in [0.15, 0.2) is 30.3 Å². The molecule has 3 N–H and O–H groups in total. The maximum absolute atomic E-state index is 6.09. The smallest absolute Gasteiger partial charge is 0.154 e. The molecule has 1 aromatic heterocycles. The second kappa shape index (κ2) is 5.67. The summed E-state index contributed by atoms with van der Waals surface area (Å²) in [6.07, 6.45) is 3.24. The molecular weight excluding hydrogens is 248 g/mol. The Hall–Kier alpha value is -1.81. The molecule has 2 heterocycles.